The van der Waals surface area contributed by atoms with Crippen molar-refractivity contribution in [1.82, 2.24) is 43.7 Å². The van der Waals surface area contributed by atoms with Gasteiger partial charge in [0.1, 0.15) is 17.2 Å². The molecule has 0 N–H and O–H groups in total. The molecular formula is C115H75N9. The van der Waals surface area contributed by atoms with Crippen LogP contribution in [0.3, 0.4) is 0 Å². The Morgan fingerprint density at radius 2 is 0.565 bits per heavy atom. The Morgan fingerprint density at radius 3 is 1.03 bits per heavy atom. The van der Waals surface area contributed by atoms with E-state index in [4.69, 9.17) is 30.1 Å². The summed E-state index contributed by atoms with van der Waals surface area (Å²) < 4.78 is 6.55. The molecule has 0 bridgehead atoms. The smallest absolute Gasteiger partial charge is 0.162 e. The van der Waals surface area contributed by atoms with Crippen LogP contribution < -0.4 is 0 Å². The van der Waals surface area contributed by atoms with Crippen molar-refractivity contribution in [3.05, 3.63) is 477 Å². The van der Waals surface area contributed by atoms with Gasteiger partial charge in [0.05, 0.1) is 56.0 Å². The fourth-order valence-electron chi connectivity index (χ4n) is 18.9. The summed E-state index contributed by atoms with van der Waals surface area (Å²) in [6.45, 7) is 0. The second kappa shape index (κ2) is 30.6. The number of para-hydroxylation sites is 2. The Hall–Kier alpha value is -16.6. The summed E-state index contributed by atoms with van der Waals surface area (Å²) >= 11 is 0. The Labute approximate surface area is 716 Å². The first-order chi connectivity index (χ1) is 61.5. The van der Waals surface area contributed by atoms with Crippen LogP contribution in [0.1, 0.15) is 22.3 Å². The Balaban J connectivity index is 0.000000146. The van der Waals surface area contributed by atoms with Gasteiger partial charge >= 0.3 is 0 Å². The summed E-state index contributed by atoms with van der Waals surface area (Å²) in [6.07, 6.45) is 0. The molecule has 16 aromatic carbocycles. The maximum absolute atomic E-state index is 5.55. The van der Waals surface area contributed by atoms with E-state index in [-0.39, 0.29) is 0 Å². The van der Waals surface area contributed by atoms with Crippen LogP contribution in [0.5, 0.6) is 0 Å². The molecule has 580 valence electrons. The molecule has 7 heterocycles. The summed E-state index contributed by atoms with van der Waals surface area (Å²) in [5, 5.41) is 18.1. The van der Waals surface area contributed by atoms with E-state index in [1.54, 1.807) is 0 Å². The molecular weight excluding hydrogens is 1510 g/mol. The summed E-state index contributed by atoms with van der Waals surface area (Å²) in [5.41, 5.74) is 31.2. The van der Waals surface area contributed by atoms with E-state index in [9.17, 15) is 0 Å². The van der Waals surface area contributed by atoms with Gasteiger partial charge in [0.2, 0.25) is 0 Å². The highest BCUT2D eigenvalue weighted by molar-refractivity contribution is 6.12. The van der Waals surface area contributed by atoms with Crippen LogP contribution in [0, 0.1) is 0 Å². The van der Waals surface area contributed by atoms with E-state index in [1.807, 2.05) is 36.4 Å². The number of rotatable bonds is 14. The average molecular weight is 1580 g/mol. The molecule has 0 atom stereocenters. The largest absolute Gasteiger partial charge is 0.294 e. The van der Waals surface area contributed by atoms with Crippen LogP contribution in [-0.2, 0) is 5.41 Å². The van der Waals surface area contributed by atoms with Crippen LogP contribution >= 0.6 is 0 Å². The number of fused-ring (bicyclic) bond motifs is 12. The third kappa shape index (κ3) is 12.5. The minimum atomic E-state index is -0.535. The van der Waals surface area contributed by atoms with Gasteiger partial charge in [-0.05, 0) is 104 Å². The molecule has 7 aromatic heterocycles. The average Bonchev–Trinajstić information content (AvgIpc) is 1.53. The highest BCUT2D eigenvalue weighted by atomic mass is 15.2. The Kier molecular flexibility index (Phi) is 17.9. The van der Waals surface area contributed by atoms with Crippen LogP contribution in [0.25, 0.3) is 195 Å². The lowest BCUT2D eigenvalue weighted by Gasteiger charge is -2.34. The van der Waals surface area contributed by atoms with Crippen molar-refractivity contribution in [1.29, 1.82) is 0 Å². The maximum atomic E-state index is 5.55. The van der Waals surface area contributed by atoms with Gasteiger partial charge in [-0.25, -0.2) is 29.0 Å². The molecule has 9 heteroatoms. The van der Waals surface area contributed by atoms with Gasteiger partial charge in [-0.15, -0.1) is 0 Å². The summed E-state index contributed by atoms with van der Waals surface area (Å²) in [4.78, 5) is 21.2. The highest BCUT2D eigenvalue weighted by Gasteiger charge is 2.46. The van der Waals surface area contributed by atoms with Crippen molar-refractivity contribution >= 4 is 54.4 Å². The van der Waals surface area contributed by atoms with Gasteiger partial charge in [-0.1, -0.05) is 400 Å². The third-order valence-electron chi connectivity index (χ3n) is 24.4. The molecule has 0 amide bonds. The molecule has 1 aliphatic rings. The lowest BCUT2D eigenvalue weighted by molar-refractivity contribution is 0.768. The maximum Gasteiger partial charge on any atom is 0.162 e. The normalized spacial score (nSPS) is 12.1. The number of benzene rings is 16. The molecule has 0 saturated heterocycles. The van der Waals surface area contributed by atoms with E-state index < -0.39 is 5.41 Å². The number of aromatic nitrogens is 9. The zero-order valence-corrected chi connectivity index (χ0v) is 67.3. The minimum Gasteiger partial charge on any atom is -0.294 e. The van der Waals surface area contributed by atoms with Crippen molar-refractivity contribution in [2.24, 2.45) is 0 Å². The molecule has 0 unspecified atom stereocenters. The van der Waals surface area contributed by atoms with Crippen molar-refractivity contribution in [2.75, 3.05) is 0 Å². The number of nitrogens with zero attached hydrogens (tertiary/aromatic N) is 9. The third-order valence-corrected chi connectivity index (χ3v) is 24.4. The van der Waals surface area contributed by atoms with Crippen molar-refractivity contribution in [3.8, 4) is 141 Å². The quantitative estimate of drug-likeness (QED) is 0.108. The second-order valence-electron chi connectivity index (χ2n) is 31.6. The van der Waals surface area contributed by atoms with Crippen LogP contribution in [0.4, 0.5) is 0 Å². The predicted molar refractivity (Wildman–Crippen MR) is 508 cm³/mol. The highest BCUT2D eigenvalue weighted by Crippen LogP contribution is 2.57. The molecule has 23 aromatic rings. The fourth-order valence-corrected chi connectivity index (χ4v) is 18.9. The lowest BCUT2D eigenvalue weighted by Crippen LogP contribution is -2.28. The monoisotopic (exact) mass is 1580 g/mol. The van der Waals surface area contributed by atoms with Crippen LogP contribution in [0.15, 0.2) is 455 Å². The zero-order chi connectivity index (χ0) is 82.0. The van der Waals surface area contributed by atoms with E-state index in [1.165, 1.54) is 54.9 Å². The minimum absolute atomic E-state index is 0.535. The van der Waals surface area contributed by atoms with E-state index in [0.29, 0.717) is 11.6 Å². The number of hydrogen-bond donors (Lipinski definition) is 0. The van der Waals surface area contributed by atoms with Gasteiger partial charge in [-0.3, -0.25) is 4.57 Å². The first kappa shape index (κ1) is 72.6. The molecule has 0 fully saturated rings. The summed E-state index contributed by atoms with van der Waals surface area (Å²) in [6, 6.07) is 161. The van der Waals surface area contributed by atoms with E-state index in [2.05, 4.69) is 432 Å². The SMILES string of the molecule is c1ccc(-c2nc(-c3cccc(-c4nn5c(-c6ccccc6)cc6ccccc6c5c4-c4ccccc4)c3)cc(-c3ccc4c(c3)C(c3ccccc3)(c3ccccc3)c3ccccc3-4)n2)cc1.c1ccc(-c2nc(-c3cccc(-c4nn5c(-c6ccccc6)cc6ccccc6c5c4-c4ccccc4)c3)cc(-n3c4ccccc4c4ccccc43)n2)cc1. The topological polar surface area (TPSA) is 91.1 Å². The van der Waals surface area contributed by atoms with Gasteiger partial charge < -0.3 is 0 Å². The lowest BCUT2D eigenvalue weighted by atomic mass is 9.67. The fraction of sp³-hybridized carbons (Fsp3) is 0.00870. The molecule has 124 heavy (non-hydrogen) atoms. The molecule has 9 nitrogen and oxygen atoms in total. The standard InChI is InChI=1S/C64H42N4.C51H33N5/c1-6-21-43(22-7-1)59-41-46-27-16-17-34-52(46)62-60(44-23-8-2-9-24-44)61(67-68(59)62)49-29-20-28-47(39-49)57-42-58(66-63(65-57)45-25-10-3-11-26-45)48-37-38-54-53-35-18-19-36-55(53)64(56(54)40-48,50-30-12-4-13-31-50)51-32-14-5-15-33-51;1-4-17-34(18-5-1)46-32-37-23-10-11-26-40(37)50-48(35-19-6-2-7-20-35)49(54-56(46)50)39-25-16-24-38(31-39)43-33-47(53-51(52-43)36-21-8-3-9-22-36)55-44-29-14-12-27-41(44)42-28-13-15-30-45(42)55/h1-42H;1-33H. The first-order valence-electron chi connectivity index (χ1n) is 42.1. The Morgan fingerprint density at radius 1 is 0.218 bits per heavy atom. The van der Waals surface area contributed by atoms with Crippen molar-refractivity contribution in [3.63, 3.8) is 0 Å². The second-order valence-corrected chi connectivity index (χ2v) is 31.6. The van der Waals surface area contributed by atoms with Gasteiger partial charge in [0.15, 0.2) is 11.6 Å². The van der Waals surface area contributed by atoms with Gasteiger partial charge in [-0.2, -0.15) is 10.2 Å². The molecule has 1 aliphatic carbocycles. The number of pyridine rings is 2. The molecule has 0 radical (unpaired) electrons. The van der Waals surface area contributed by atoms with Crippen LogP contribution in [0.2, 0.25) is 0 Å². The zero-order valence-electron chi connectivity index (χ0n) is 67.3. The molecule has 24 rings (SSSR count). The van der Waals surface area contributed by atoms with Crippen LogP contribution in [-0.4, -0.2) is 43.7 Å². The molecule has 0 aliphatic heterocycles. The van der Waals surface area contributed by atoms with Gasteiger partial charge in [0.25, 0.3) is 0 Å². The molecule has 0 spiro atoms. The first-order valence-corrected chi connectivity index (χ1v) is 42.1. The van der Waals surface area contributed by atoms with Gasteiger partial charge in [0, 0.05) is 88.8 Å². The van der Waals surface area contributed by atoms with E-state index in [0.717, 1.165) is 151 Å². The Bertz CT molecular complexity index is 7920. The number of hydrogen-bond acceptors (Lipinski definition) is 6. The summed E-state index contributed by atoms with van der Waals surface area (Å²) in [5.74, 6) is 2.15. The van der Waals surface area contributed by atoms with Crippen molar-refractivity contribution < 1.29 is 0 Å². The summed E-state index contributed by atoms with van der Waals surface area (Å²) in [7, 11) is 0. The van der Waals surface area contributed by atoms with E-state index >= 15 is 0 Å². The van der Waals surface area contributed by atoms with Crippen molar-refractivity contribution in [2.45, 2.75) is 5.41 Å². The predicted octanol–water partition coefficient (Wildman–Crippen LogP) is 28.4. The molecule has 0 saturated carbocycles.